The number of rotatable bonds is 8. The first-order valence-electron chi connectivity index (χ1n) is 7.84. The molecular weight excluding hydrogens is 358 g/mol. The lowest BCUT2D eigenvalue weighted by atomic mass is 10.1. The predicted octanol–water partition coefficient (Wildman–Crippen LogP) is 3.95. The van der Waals surface area contributed by atoms with Crippen molar-refractivity contribution in [2.75, 3.05) is 0 Å². The van der Waals surface area contributed by atoms with E-state index in [1.807, 2.05) is 52.0 Å². The van der Waals surface area contributed by atoms with Gasteiger partial charge in [0.25, 0.3) is 0 Å². The summed E-state index contributed by atoms with van der Waals surface area (Å²) in [5.41, 5.74) is 3.00. The summed E-state index contributed by atoms with van der Waals surface area (Å²) in [4.78, 5) is 11.1. The van der Waals surface area contributed by atoms with Gasteiger partial charge >= 0.3 is 5.97 Å². The largest absolute Gasteiger partial charge is 0.481 e. The van der Waals surface area contributed by atoms with Crippen LogP contribution in [0.15, 0.2) is 53.5 Å². The summed E-state index contributed by atoms with van der Waals surface area (Å²) in [5.74, 6) is -0.821. The van der Waals surface area contributed by atoms with Crippen molar-refractivity contribution in [2.24, 2.45) is 0 Å². The van der Waals surface area contributed by atoms with E-state index in [-0.39, 0.29) is 12.5 Å². The molecule has 1 unspecified atom stereocenters. The number of aliphatic carboxylic acids is 1. The number of aromatic nitrogens is 2. The van der Waals surface area contributed by atoms with Crippen LogP contribution in [0.25, 0.3) is 0 Å². The Hall–Kier alpha value is -2.15. The van der Waals surface area contributed by atoms with Gasteiger partial charge in [0.15, 0.2) is 0 Å². The van der Waals surface area contributed by atoms with E-state index in [0.717, 1.165) is 21.7 Å². The van der Waals surface area contributed by atoms with E-state index in [9.17, 15) is 4.79 Å². The molecule has 0 saturated carbocycles. The van der Waals surface area contributed by atoms with Crippen molar-refractivity contribution in [3.63, 3.8) is 0 Å². The fourth-order valence-corrected chi connectivity index (χ4v) is 3.49. The molecular formula is C18H18ClN3O2S. The van der Waals surface area contributed by atoms with Gasteiger partial charge < -0.3 is 10.4 Å². The Morgan fingerprint density at radius 3 is 2.92 bits per heavy atom. The molecule has 2 N–H and O–H groups in total. The van der Waals surface area contributed by atoms with E-state index in [2.05, 4.69) is 10.4 Å². The van der Waals surface area contributed by atoms with Gasteiger partial charge in [-0.3, -0.25) is 9.48 Å². The van der Waals surface area contributed by atoms with Crippen LogP contribution in [0.1, 0.15) is 29.2 Å². The van der Waals surface area contributed by atoms with Gasteiger partial charge in [0.05, 0.1) is 19.2 Å². The minimum atomic E-state index is -0.821. The Balaban J connectivity index is 1.62. The topological polar surface area (TPSA) is 67.2 Å². The number of carboxylic acid groups (broad SMARTS) is 1. The molecule has 2 aromatic heterocycles. The van der Waals surface area contributed by atoms with Crippen LogP contribution in [0.2, 0.25) is 5.02 Å². The maximum atomic E-state index is 11.1. The molecule has 0 saturated heterocycles. The number of benzene rings is 1. The van der Waals surface area contributed by atoms with Gasteiger partial charge in [-0.25, -0.2) is 0 Å². The molecule has 7 heteroatoms. The lowest BCUT2D eigenvalue weighted by Crippen LogP contribution is -2.23. The van der Waals surface area contributed by atoms with Crippen molar-refractivity contribution in [3.05, 3.63) is 75.2 Å². The molecule has 3 aromatic rings. The van der Waals surface area contributed by atoms with E-state index in [1.54, 1.807) is 17.5 Å². The molecule has 130 valence electrons. The van der Waals surface area contributed by atoms with E-state index in [1.165, 1.54) is 0 Å². The number of hydrogen-bond donors (Lipinski definition) is 2. The zero-order valence-corrected chi connectivity index (χ0v) is 15.0. The van der Waals surface area contributed by atoms with Crippen LogP contribution in [0.3, 0.4) is 0 Å². The summed E-state index contributed by atoms with van der Waals surface area (Å²) in [6.07, 6.45) is 3.78. The second kappa shape index (κ2) is 8.29. The zero-order valence-electron chi connectivity index (χ0n) is 13.4. The van der Waals surface area contributed by atoms with Crippen molar-refractivity contribution >= 4 is 28.9 Å². The van der Waals surface area contributed by atoms with Crippen LogP contribution < -0.4 is 5.32 Å². The number of halogens is 1. The molecule has 0 spiro atoms. The van der Waals surface area contributed by atoms with Crippen molar-refractivity contribution in [1.82, 2.24) is 15.1 Å². The molecule has 0 aliphatic carbocycles. The summed E-state index contributed by atoms with van der Waals surface area (Å²) in [7, 11) is 0. The van der Waals surface area contributed by atoms with Crippen LogP contribution in [-0.2, 0) is 17.9 Å². The van der Waals surface area contributed by atoms with Gasteiger partial charge in [0.1, 0.15) is 0 Å². The molecule has 0 fully saturated rings. The highest BCUT2D eigenvalue weighted by molar-refractivity contribution is 7.07. The molecule has 3 rings (SSSR count). The van der Waals surface area contributed by atoms with Crippen LogP contribution in [0.5, 0.6) is 0 Å². The minimum Gasteiger partial charge on any atom is -0.481 e. The van der Waals surface area contributed by atoms with Gasteiger partial charge in [-0.2, -0.15) is 16.4 Å². The van der Waals surface area contributed by atoms with Gasteiger partial charge in [-0.15, -0.1) is 0 Å². The third-order valence-electron chi connectivity index (χ3n) is 3.85. The van der Waals surface area contributed by atoms with E-state index in [0.29, 0.717) is 13.1 Å². The minimum absolute atomic E-state index is 0.0461. The third-order valence-corrected chi connectivity index (χ3v) is 4.92. The fourth-order valence-electron chi connectivity index (χ4n) is 2.58. The molecule has 0 aliphatic rings. The lowest BCUT2D eigenvalue weighted by molar-refractivity contribution is -0.137. The standard InChI is InChI=1S/C18H18ClN3O2S/c19-16-4-2-1-3-14(16)11-22-10-13(9-21-22)8-20-17(7-18(23)24)15-5-6-25-12-15/h1-6,9-10,12,17,20H,7-8,11H2,(H,23,24). The monoisotopic (exact) mass is 375 g/mol. The van der Waals surface area contributed by atoms with Gasteiger partial charge in [-0.05, 0) is 34.0 Å². The first-order chi connectivity index (χ1) is 12.1. The van der Waals surface area contributed by atoms with Crippen molar-refractivity contribution in [2.45, 2.75) is 25.6 Å². The summed E-state index contributed by atoms with van der Waals surface area (Å²) in [6.45, 7) is 1.15. The number of carbonyl (C=O) groups is 1. The number of hydrogen-bond acceptors (Lipinski definition) is 4. The Morgan fingerprint density at radius 2 is 2.20 bits per heavy atom. The SMILES string of the molecule is O=C(O)CC(NCc1cnn(Cc2ccccc2Cl)c1)c1ccsc1. The average Bonchev–Trinajstić information content (AvgIpc) is 3.25. The maximum Gasteiger partial charge on any atom is 0.305 e. The second-order valence-electron chi connectivity index (χ2n) is 5.73. The second-order valence-corrected chi connectivity index (χ2v) is 6.91. The quantitative estimate of drug-likeness (QED) is 0.625. The molecule has 2 heterocycles. The predicted molar refractivity (Wildman–Crippen MR) is 98.9 cm³/mol. The number of carboxylic acids is 1. The number of nitrogens with zero attached hydrogens (tertiary/aromatic N) is 2. The van der Waals surface area contributed by atoms with E-state index in [4.69, 9.17) is 16.7 Å². The van der Waals surface area contributed by atoms with Crippen LogP contribution in [0.4, 0.5) is 0 Å². The third kappa shape index (κ3) is 4.92. The van der Waals surface area contributed by atoms with Crippen molar-refractivity contribution < 1.29 is 9.90 Å². The van der Waals surface area contributed by atoms with Gasteiger partial charge in [0.2, 0.25) is 0 Å². The van der Waals surface area contributed by atoms with Gasteiger partial charge in [-0.1, -0.05) is 29.8 Å². The van der Waals surface area contributed by atoms with Crippen molar-refractivity contribution in [3.8, 4) is 0 Å². The van der Waals surface area contributed by atoms with E-state index >= 15 is 0 Å². The van der Waals surface area contributed by atoms with E-state index < -0.39 is 5.97 Å². The number of thiophene rings is 1. The fraction of sp³-hybridized carbons (Fsp3) is 0.222. The molecule has 0 bridgehead atoms. The summed E-state index contributed by atoms with van der Waals surface area (Å²) < 4.78 is 1.83. The smallest absolute Gasteiger partial charge is 0.305 e. The average molecular weight is 376 g/mol. The van der Waals surface area contributed by atoms with Crippen LogP contribution >= 0.6 is 22.9 Å². The van der Waals surface area contributed by atoms with Crippen LogP contribution in [0, 0.1) is 0 Å². The Labute approximate surface area is 154 Å². The molecule has 1 aromatic carbocycles. The highest BCUT2D eigenvalue weighted by Crippen LogP contribution is 2.20. The maximum absolute atomic E-state index is 11.1. The number of nitrogens with one attached hydrogen (secondary N) is 1. The van der Waals surface area contributed by atoms with Crippen molar-refractivity contribution in [1.29, 1.82) is 0 Å². The Morgan fingerprint density at radius 1 is 1.36 bits per heavy atom. The highest BCUT2D eigenvalue weighted by atomic mass is 35.5. The lowest BCUT2D eigenvalue weighted by Gasteiger charge is -2.15. The zero-order chi connectivity index (χ0) is 17.6. The molecule has 0 radical (unpaired) electrons. The summed E-state index contributed by atoms with van der Waals surface area (Å²) in [6, 6.07) is 9.42. The normalized spacial score (nSPS) is 12.2. The molecule has 0 aliphatic heterocycles. The Kier molecular flexibility index (Phi) is 5.86. The first-order valence-corrected chi connectivity index (χ1v) is 9.16. The molecule has 1 atom stereocenters. The summed E-state index contributed by atoms with van der Waals surface area (Å²) >= 11 is 7.74. The highest BCUT2D eigenvalue weighted by Gasteiger charge is 2.15. The molecule has 25 heavy (non-hydrogen) atoms. The Bertz CT molecular complexity index is 832. The molecule has 5 nitrogen and oxygen atoms in total. The molecule has 0 amide bonds. The van der Waals surface area contributed by atoms with Crippen LogP contribution in [-0.4, -0.2) is 20.9 Å². The van der Waals surface area contributed by atoms with Gasteiger partial charge in [0, 0.05) is 29.4 Å². The summed E-state index contributed by atoms with van der Waals surface area (Å²) in [5, 5.41) is 21.4. The first kappa shape index (κ1) is 17.7.